The lowest BCUT2D eigenvalue weighted by molar-refractivity contribution is -0.123. The standard InChI is InChI=1S/C24H20ClF2N3O4S2/c25-18-4-1-5-20-22(18)28-24(35-20)30(14-17-3-2-12-34-17)23(31)15-8-10-29(11-9-15)36(32,33)21-13-16(26)6-7-19(21)27/h1-7,12-13,15H,8-11,14H2. The number of carbonyl (C=O) groups is 1. The Morgan fingerprint density at radius 2 is 1.94 bits per heavy atom. The van der Waals surface area contributed by atoms with Gasteiger partial charge in [0.15, 0.2) is 5.13 Å². The van der Waals surface area contributed by atoms with Gasteiger partial charge >= 0.3 is 0 Å². The van der Waals surface area contributed by atoms with Crippen molar-refractivity contribution in [2.75, 3.05) is 18.0 Å². The van der Waals surface area contributed by atoms with Gasteiger partial charge in [-0.25, -0.2) is 22.2 Å². The van der Waals surface area contributed by atoms with E-state index < -0.39 is 32.5 Å². The van der Waals surface area contributed by atoms with Crippen LogP contribution in [0.25, 0.3) is 10.2 Å². The highest BCUT2D eigenvalue weighted by Gasteiger charge is 2.36. The van der Waals surface area contributed by atoms with Crippen LogP contribution in [0.5, 0.6) is 0 Å². The number of carbonyl (C=O) groups excluding carboxylic acids is 1. The van der Waals surface area contributed by atoms with Gasteiger partial charge < -0.3 is 4.42 Å². The third kappa shape index (κ3) is 4.75. The van der Waals surface area contributed by atoms with Crippen molar-refractivity contribution in [1.82, 2.24) is 9.29 Å². The number of furan rings is 1. The van der Waals surface area contributed by atoms with Crippen molar-refractivity contribution in [1.29, 1.82) is 0 Å². The molecule has 12 heteroatoms. The van der Waals surface area contributed by atoms with Crippen molar-refractivity contribution in [3.8, 4) is 0 Å². The Bertz CT molecular complexity index is 1520. The van der Waals surface area contributed by atoms with Crippen molar-refractivity contribution >= 4 is 54.2 Å². The zero-order valence-electron chi connectivity index (χ0n) is 18.7. The van der Waals surface area contributed by atoms with Crippen LogP contribution in [0, 0.1) is 17.6 Å². The number of nitrogens with zero attached hydrogens (tertiary/aromatic N) is 3. The molecular weight excluding hydrogens is 532 g/mol. The molecule has 2 aromatic carbocycles. The van der Waals surface area contributed by atoms with Gasteiger partial charge in [-0.1, -0.05) is 29.0 Å². The second kappa shape index (κ2) is 9.89. The van der Waals surface area contributed by atoms with Gasteiger partial charge in [-0.2, -0.15) is 4.31 Å². The fourth-order valence-electron chi connectivity index (χ4n) is 4.19. The Hall–Kier alpha value is -2.86. The molecule has 7 nitrogen and oxygen atoms in total. The lowest BCUT2D eigenvalue weighted by atomic mass is 9.96. The maximum Gasteiger partial charge on any atom is 0.246 e. The van der Waals surface area contributed by atoms with E-state index in [0.29, 0.717) is 27.5 Å². The van der Waals surface area contributed by atoms with Gasteiger partial charge in [0.25, 0.3) is 0 Å². The number of rotatable bonds is 6. The maximum absolute atomic E-state index is 14.2. The molecule has 1 amide bonds. The molecule has 0 atom stereocenters. The summed E-state index contributed by atoms with van der Waals surface area (Å²) in [6.07, 6.45) is 1.95. The molecule has 1 fully saturated rings. The van der Waals surface area contributed by atoms with Crippen molar-refractivity contribution in [2.45, 2.75) is 24.3 Å². The van der Waals surface area contributed by atoms with Crippen molar-refractivity contribution in [2.24, 2.45) is 5.92 Å². The number of fused-ring (bicyclic) bond motifs is 1. The van der Waals surface area contributed by atoms with Crippen LogP contribution in [0.3, 0.4) is 0 Å². The number of benzene rings is 2. The largest absolute Gasteiger partial charge is 0.467 e. The summed E-state index contributed by atoms with van der Waals surface area (Å²) in [4.78, 5) is 19.1. The second-order valence-corrected chi connectivity index (χ2v) is 11.7. The summed E-state index contributed by atoms with van der Waals surface area (Å²) in [7, 11) is -4.25. The number of amides is 1. The van der Waals surface area contributed by atoms with Crippen LogP contribution < -0.4 is 4.90 Å². The van der Waals surface area contributed by atoms with E-state index in [9.17, 15) is 22.0 Å². The van der Waals surface area contributed by atoms with Crippen LogP contribution in [0.15, 0.2) is 64.1 Å². The van der Waals surface area contributed by atoms with Crippen LogP contribution >= 0.6 is 22.9 Å². The first-order valence-corrected chi connectivity index (χ1v) is 13.7. The fraction of sp³-hybridized carbons (Fsp3) is 0.250. The van der Waals surface area contributed by atoms with Gasteiger partial charge in [-0.05, 0) is 55.3 Å². The van der Waals surface area contributed by atoms with Gasteiger partial charge in [0.1, 0.15) is 27.8 Å². The molecule has 188 valence electrons. The van der Waals surface area contributed by atoms with E-state index >= 15 is 0 Å². The van der Waals surface area contributed by atoms with Gasteiger partial charge in [-0.15, -0.1) is 0 Å². The molecule has 1 aliphatic rings. The molecule has 1 aliphatic heterocycles. The molecule has 0 spiro atoms. The van der Waals surface area contributed by atoms with E-state index in [4.69, 9.17) is 16.0 Å². The molecule has 5 rings (SSSR count). The molecule has 4 aromatic rings. The quantitative estimate of drug-likeness (QED) is 0.318. The SMILES string of the molecule is O=C(C1CCN(S(=O)(=O)c2cc(F)ccc2F)CC1)N(Cc1ccco1)c1nc2c(Cl)cccc2s1. The Morgan fingerprint density at radius 3 is 2.64 bits per heavy atom. The number of piperidine rings is 1. The van der Waals surface area contributed by atoms with Gasteiger partial charge in [0, 0.05) is 19.0 Å². The number of aromatic nitrogens is 1. The first kappa shape index (κ1) is 24.8. The number of sulfonamides is 1. The summed E-state index contributed by atoms with van der Waals surface area (Å²) in [6.45, 7) is 0.139. The molecule has 0 unspecified atom stereocenters. The lowest BCUT2D eigenvalue weighted by Gasteiger charge is -2.32. The number of anilines is 1. The minimum atomic E-state index is -4.25. The van der Waals surface area contributed by atoms with Gasteiger partial charge in [-0.3, -0.25) is 9.69 Å². The third-order valence-electron chi connectivity index (χ3n) is 6.06. The molecule has 0 bridgehead atoms. The number of halogens is 3. The van der Waals surface area contributed by atoms with Crippen LogP contribution in [-0.4, -0.2) is 36.7 Å². The normalized spacial score (nSPS) is 15.4. The second-order valence-electron chi connectivity index (χ2n) is 8.34. The van der Waals surface area contributed by atoms with Crippen molar-refractivity contribution in [3.05, 3.63) is 77.2 Å². The third-order valence-corrected chi connectivity index (χ3v) is 9.33. The Labute approximate surface area is 215 Å². The van der Waals surface area contributed by atoms with E-state index in [0.717, 1.165) is 21.1 Å². The Balaban J connectivity index is 1.37. The van der Waals surface area contributed by atoms with Crippen LogP contribution in [0.2, 0.25) is 5.02 Å². The summed E-state index contributed by atoms with van der Waals surface area (Å²) in [6, 6.07) is 11.2. The highest BCUT2D eigenvalue weighted by atomic mass is 35.5. The molecule has 0 N–H and O–H groups in total. The molecular formula is C24H20ClF2N3O4S2. The fourth-order valence-corrected chi connectivity index (χ4v) is 7.01. The molecule has 36 heavy (non-hydrogen) atoms. The topological polar surface area (TPSA) is 83.7 Å². The number of hydrogen-bond donors (Lipinski definition) is 0. The van der Waals surface area contributed by atoms with Gasteiger partial charge in [0.05, 0.1) is 22.5 Å². The summed E-state index contributed by atoms with van der Waals surface area (Å²) in [5.41, 5.74) is 0.592. The first-order chi connectivity index (χ1) is 17.2. The lowest BCUT2D eigenvalue weighted by Crippen LogP contribution is -2.44. The maximum atomic E-state index is 14.2. The summed E-state index contributed by atoms with van der Waals surface area (Å²) in [5.74, 6) is -2.02. The zero-order valence-corrected chi connectivity index (χ0v) is 21.1. The predicted molar refractivity (Wildman–Crippen MR) is 132 cm³/mol. The molecule has 3 heterocycles. The number of thiazole rings is 1. The van der Waals surface area contributed by atoms with E-state index in [1.54, 1.807) is 18.2 Å². The monoisotopic (exact) mass is 551 g/mol. The smallest absolute Gasteiger partial charge is 0.246 e. The Kier molecular flexibility index (Phi) is 6.82. The zero-order chi connectivity index (χ0) is 25.4. The minimum Gasteiger partial charge on any atom is -0.467 e. The van der Waals surface area contributed by atoms with Crippen LogP contribution in [0.1, 0.15) is 18.6 Å². The van der Waals surface area contributed by atoms with Crippen LogP contribution in [-0.2, 0) is 21.4 Å². The number of para-hydroxylation sites is 1. The first-order valence-electron chi connectivity index (χ1n) is 11.1. The van der Waals surface area contributed by atoms with E-state index in [1.807, 2.05) is 12.1 Å². The highest BCUT2D eigenvalue weighted by molar-refractivity contribution is 7.89. The molecule has 2 aromatic heterocycles. The molecule has 0 aliphatic carbocycles. The minimum absolute atomic E-state index is 0.00500. The van der Waals surface area contributed by atoms with Crippen molar-refractivity contribution in [3.63, 3.8) is 0 Å². The average molecular weight is 552 g/mol. The molecule has 0 radical (unpaired) electrons. The van der Waals surface area contributed by atoms with Crippen LogP contribution in [0.4, 0.5) is 13.9 Å². The predicted octanol–water partition coefficient (Wildman–Crippen LogP) is 5.46. The summed E-state index contributed by atoms with van der Waals surface area (Å²) >= 11 is 7.61. The summed E-state index contributed by atoms with van der Waals surface area (Å²) in [5, 5.41) is 0.930. The summed E-state index contributed by atoms with van der Waals surface area (Å²) < 4.78 is 61.0. The molecule has 0 saturated carbocycles. The van der Waals surface area contributed by atoms with E-state index in [1.165, 1.54) is 22.5 Å². The van der Waals surface area contributed by atoms with E-state index in [2.05, 4.69) is 4.98 Å². The van der Waals surface area contributed by atoms with Gasteiger partial charge in [0.2, 0.25) is 15.9 Å². The Morgan fingerprint density at radius 1 is 1.17 bits per heavy atom. The number of hydrogen-bond acceptors (Lipinski definition) is 6. The van der Waals surface area contributed by atoms with Crippen molar-refractivity contribution < 1.29 is 26.4 Å². The highest BCUT2D eigenvalue weighted by Crippen LogP contribution is 2.35. The average Bonchev–Trinajstić information content (AvgIpc) is 3.54. The van der Waals surface area contributed by atoms with E-state index in [-0.39, 0.29) is 38.4 Å². The molecule has 1 saturated heterocycles.